The molecule has 0 radical (unpaired) electrons. The predicted molar refractivity (Wildman–Crippen MR) is 248 cm³/mol. The van der Waals surface area contributed by atoms with E-state index in [2.05, 4.69) is 36.7 Å². The van der Waals surface area contributed by atoms with Crippen LogP contribution in [0, 0.1) is 11.8 Å². The zero-order valence-corrected chi connectivity index (χ0v) is 39.6. The third-order valence-corrected chi connectivity index (χ3v) is 13.5. The summed E-state index contributed by atoms with van der Waals surface area (Å²) in [6.07, 6.45) is 1.30. The van der Waals surface area contributed by atoms with Gasteiger partial charge in [0.2, 0.25) is 23.6 Å². The first-order valence-electron chi connectivity index (χ1n) is 23.1. The number of hydrogen-bond donors (Lipinski definition) is 10. The van der Waals surface area contributed by atoms with E-state index >= 15 is 0 Å². The summed E-state index contributed by atoms with van der Waals surface area (Å²) in [7, 11) is 0. The topological polar surface area (TPSA) is 266 Å². The fourth-order valence-electron chi connectivity index (χ4n) is 8.08. The quantitative estimate of drug-likeness (QED) is 0.0428. The van der Waals surface area contributed by atoms with E-state index in [1.165, 1.54) is 74.7 Å². The van der Waals surface area contributed by atoms with Crippen LogP contribution in [0.4, 0.5) is 0 Å². The summed E-state index contributed by atoms with van der Waals surface area (Å²) >= 11 is 1.17. The molecule has 17 heteroatoms. The monoisotopic (exact) mass is 931 g/mol. The summed E-state index contributed by atoms with van der Waals surface area (Å²) in [5.74, 6) is -2.67. The summed E-state index contributed by atoms with van der Waals surface area (Å²) in [6, 6.07) is 5.58. The summed E-state index contributed by atoms with van der Waals surface area (Å²) in [4.78, 5) is 69.3. The molecule has 1 aliphatic heterocycles. The smallest absolute Gasteiger partial charge is 0.248 e. The molecule has 1 aliphatic rings. The van der Waals surface area contributed by atoms with Gasteiger partial charge in [-0.25, -0.2) is 0 Å². The number of thioether (sulfide) groups is 1. The number of amides is 4. The van der Waals surface area contributed by atoms with Crippen molar-refractivity contribution in [3.63, 3.8) is 0 Å². The first-order valence-corrected chi connectivity index (χ1v) is 24.0. The summed E-state index contributed by atoms with van der Waals surface area (Å²) in [5.41, 5.74) is 0.142. The Balaban J connectivity index is 1.71. The molecule has 2 unspecified atom stereocenters. The number of rotatable bonds is 28. The van der Waals surface area contributed by atoms with Gasteiger partial charge in [0, 0.05) is 36.0 Å². The third-order valence-electron chi connectivity index (χ3n) is 12.2. The fraction of sp³-hybridized carbons (Fsp3) is 0.646. The number of nitrogens with one attached hydrogen (secondary N) is 3. The van der Waals surface area contributed by atoms with E-state index in [0.29, 0.717) is 17.2 Å². The molecule has 0 saturated carbocycles. The summed E-state index contributed by atoms with van der Waals surface area (Å²) in [5, 5.41) is 81.5. The minimum absolute atomic E-state index is 0.00674. The highest BCUT2D eigenvalue weighted by atomic mass is 32.2. The number of β-amino-alcohol motifs (C(OH)–C–C–N with tert-alkyl or cyclic N) is 1. The average molecular weight is 931 g/mol. The van der Waals surface area contributed by atoms with Gasteiger partial charge in [0.05, 0.1) is 18.3 Å². The Morgan fingerprint density at radius 1 is 0.785 bits per heavy atom. The largest absolute Gasteiger partial charge is 0.508 e. The van der Waals surface area contributed by atoms with Crippen LogP contribution in [0.5, 0.6) is 11.5 Å². The number of benzene rings is 2. The van der Waals surface area contributed by atoms with Crippen LogP contribution in [0.3, 0.4) is 0 Å². The van der Waals surface area contributed by atoms with Gasteiger partial charge in [-0.2, -0.15) is 0 Å². The van der Waals surface area contributed by atoms with Crippen molar-refractivity contribution in [2.24, 2.45) is 11.8 Å². The number of Topliss-reactive ketones (excluding diaryl/α,β-unsaturated/α-hetero) is 1. The maximum absolute atomic E-state index is 14.1. The number of aliphatic hydroxyl groups is 5. The number of unbranched alkanes of at least 4 members (excludes halogenated alkanes) is 5. The number of aromatic hydroxyl groups is 2. The molecule has 1 saturated heterocycles. The minimum atomic E-state index is -1.86. The van der Waals surface area contributed by atoms with Gasteiger partial charge in [0.15, 0.2) is 5.78 Å². The number of nitrogens with zero attached hydrogens (tertiary/aromatic N) is 1. The Morgan fingerprint density at radius 2 is 1.42 bits per heavy atom. The number of phenolic OH excluding ortho intramolecular Hbond substituents is 2. The lowest BCUT2D eigenvalue weighted by Crippen LogP contribution is -2.61. The first-order chi connectivity index (χ1) is 30.7. The highest BCUT2D eigenvalue weighted by Gasteiger charge is 2.45. The molecule has 0 bridgehead atoms. The SMILES string of the molecule is CCC(C)CC(C)CCCCCCCCC(=O)N[C@@H](C[C@@H](O)[C@H](C)Sc1ccccc1O)C(=O)N[C@H](C(=O)N1C[C@H](O)C[C@H]1C(=O)N[C@H](C(C)=O)[C@H](O)[C@@H](O)c1ccc(O)cc1)[C@@H](C)O. The van der Waals surface area contributed by atoms with E-state index in [4.69, 9.17) is 0 Å². The van der Waals surface area contributed by atoms with Gasteiger partial charge in [-0.3, -0.25) is 24.0 Å². The van der Waals surface area contributed by atoms with Crippen molar-refractivity contribution >= 4 is 41.2 Å². The van der Waals surface area contributed by atoms with Gasteiger partial charge in [0.25, 0.3) is 0 Å². The third kappa shape index (κ3) is 17.8. The molecular formula is C48H74N4O12S. The van der Waals surface area contributed by atoms with Gasteiger partial charge < -0.3 is 56.6 Å². The minimum Gasteiger partial charge on any atom is -0.508 e. The molecule has 364 valence electrons. The van der Waals surface area contributed by atoms with Gasteiger partial charge >= 0.3 is 0 Å². The Labute approximate surface area is 388 Å². The maximum Gasteiger partial charge on any atom is 0.248 e. The van der Waals surface area contributed by atoms with Crippen molar-refractivity contribution in [1.29, 1.82) is 0 Å². The van der Waals surface area contributed by atoms with Crippen LogP contribution in [-0.4, -0.2) is 130 Å². The molecule has 2 aromatic rings. The van der Waals surface area contributed by atoms with Crippen molar-refractivity contribution < 1.29 is 59.7 Å². The van der Waals surface area contributed by atoms with Crippen LogP contribution in [0.1, 0.15) is 130 Å². The average Bonchev–Trinajstić information content (AvgIpc) is 3.66. The molecule has 12 atom stereocenters. The maximum atomic E-state index is 14.1. The van der Waals surface area contributed by atoms with E-state index in [9.17, 15) is 59.7 Å². The number of hydrogen-bond acceptors (Lipinski definition) is 13. The Kier molecular flexibility index (Phi) is 23.2. The lowest BCUT2D eigenvalue weighted by atomic mass is 9.91. The van der Waals surface area contributed by atoms with Crippen molar-refractivity contribution in [2.75, 3.05) is 6.54 Å². The lowest BCUT2D eigenvalue weighted by Gasteiger charge is -2.32. The van der Waals surface area contributed by atoms with Crippen LogP contribution >= 0.6 is 11.8 Å². The van der Waals surface area contributed by atoms with Gasteiger partial charge in [-0.05, 0) is 68.4 Å². The fourth-order valence-corrected chi connectivity index (χ4v) is 9.09. The Hall–Kier alpha value is -4.26. The highest BCUT2D eigenvalue weighted by Crippen LogP contribution is 2.33. The number of likely N-dealkylation sites (tertiary alicyclic amines) is 1. The molecule has 3 rings (SSSR count). The van der Waals surface area contributed by atoms with Crippen LogP contribution in [0.15, 0.2) is 53.4 Å². The Morgan fingerprint density at radius 3 is 2.03 bits per heavy atom. The first kappa shape index (κ1) is 55.1. The second-order valence-electron chi connectivity index (χ2n) is 18.0. The van der Waals surface area contributed by atoms with Crippen molar-refractivity contribution in [2.45, 2.75) is 183 Å². The van der Waals surface area contributed by atoms with Crippen molar-refractivity contribution in [3.8, 4) is 11.5 Å². The molecule has 16 nitrogen and oxygen atoms in total. The molecule has 1 fully saturated rings. The Bertz CT molecular complexity index is 1820. The number of ketones is 1. The molecule has 4 amide bonds. The van der Waals surface area contributed by atoms with E-state index < -0.39 is 95.9 Å². The van der Waals surface area contributed by atoms with Crippen LogP contribution < -0.4 is 16.0 Å². The van der Waals surface area contributed by atoms with Gasteiger partial charge in [-0.15, -0.1) is 11.8 Å². The number of aliphatic hydroxyl groups excluding tert-OH is 5. The number of carbonyl (C=O) groups is 5. The van der Waals surface area contributed by atoms with E-state index in [1.54, 1.807) is 25.1 Å². The van der Waals surface area contributed by atoms with E-state index in [-0.39, 0.29) is 36.3 Å². The number of phenols is 2. The van der Waals surface area contributed by atoms with Crippen LogP contribution in [-0.2, 0) is 24.0 Å². The molecule has 0 spiro atoms. The number of para-hydroxylation sites is 1. The standard InChI is InChI=1S/C48H74N4O12S/c1-7-28(2)24-29(3)16-12-10-8-9-11-13-19-41(59)49-36(26-39(58)32(6)65-40-18-15-14-17-38(40)57)46(62)51-43(31(5)54)48(64)52-27-35(56)25-37(52)47(63)50-42(30(4)53)45(61)44(60)33-20-22-34(55)23-21-33/h14-15,17-18,20-23,28-29,31-32,35-37,39,42-45,54-58,60-61H,7-13,16,19,24-27H2,1-6H3,(H,49,59)(H,50,63)(H,51,62)/t28?,29?,31-,32+,35-,36+,37+,39-,42-,43+,44+,45+/m1/s1. The van der Waals surface area contributed by atoms with Crippen LogP contribution in [0.2, 0.25) is 0 Å². The predicted octanol–water partition coefficient (Wildman–Crippen LogP) is 4.00. The van der Waals surface area contributed by atoms with E-state index in [1.807, 2.05) is 0 Å². The zero-order valence-electron chi connectivity index (χ0n) is 38.8. The lowest BCUT2D eigenvalue weighted by molar-refractivity contribution is -0.145. The number of carbonyl (C=O) groups excluding carboxylic acids is 5. The highest BCUT2D eigenvalue weighted by molar-refractivity contribution is 8.00. The molecule has 10 N–H and O–H groups in total. The zero-order chi connectivity index (χ0) is 48.4. The van der Waals surface area contributed by atoms with E-state index in [0.717, 1.165) is 43.4 Å². The molecule has 1 heterocycles. The molecule has 65 heavy (non-hydrogen) atoms. The van der Waals surface area contributed by atoms with Crippen LogP contribution in [0.25, 0.3) is 0 Å². The molecule has 2 aromatic carbocycles. The van der Waals surface area contributed by atoms with Gasteiger partial charge in [0.1, 0.15) is 47.9 Å². The summed E-state index contributed by atoms with van der Waals surface area (Å²) in [6.45, 7) is 10.4. The summed E-state index contributed by atoms with van der Waals surface area (Å²) < 4.78 is 0. The van der Waals surface area contributed by atoms with Crippen molar-refractivity contribution in [3.05, 3.63) is 54.1 Å². The second-order valence-corrected chi connectivity index (χ2v) is 19.4. The second kappa shape index (κ2) is 27.4. The molecular weight excluding hydrogens is 857 g/mol. The normalized spacial score (nSPS) is 19.7. The van der Waals surface area contributed by atoms with Crippen molar-refractivity contribution in [1.82, 2.24) is 20.9 Å². The molecule has 0 aromatic heterocycles. The van der Waals surface area contributed by atoms with Gasteiger partial charge in [-0.1, -0.05) is 96.9 Å². The molecule has 0 aliphatic carbocycles.